The van der Waals surface area contributed by atoms with Crippen molar-refractivity contribution in [3.63, 3.8) is 0 Å². The molecule has 32 heavy (non-hydrogen) atoms. The van der Waals surface area contributed by atoms with Crippen LogP contribution in [0.1, 0.15) is 42.9 Å². The Bertz CT molecular complexity index is 915. The van der Waals surface area contributed by atoms with Crippen molar-refractivity contribution in [2.24, 2.45) is 5.92 Å². The van der Waals surface area contributed by atoms with Gasteiger partial charge in [-0.25, -0.2) is 9.78 Å². The monoisotopic (exact) mass is 460 g/mol. The first kappa shape index (κ1) is 25.1. The summed E-state index contributed by atoms with van der Waals surface area (Å²) in [6.45, 7) is 7.14. The van der Waals surface area contributed by atoms with Gasteiger partial charge in [-0.2, -0.15) is 12.6 Å². The van der Waals surface area contributed by atoms with E-state index in [2.05, 4.69) is 40.1 Å². The van der Waals surface area contributed by atoms with Gasteiger partial charge in [0, 0.05) is 0 Å². The Labute approximate surface area is 192 Å². The molecule has 1 aliphatic rings. The number of fused-ring (bicyclic) bond motifs is 2. The lowest BCUT2D eigenvalue weighted by Gasteiger charge is -2.24. The molecule has 0 saturated carbocycles. The third-order valence-electron chi connectivity index (χ3n) is 4.55. The van der Waals surface area contributed by atoms with E-state index < -0.39 is 29.9 Å². The first-order valence-corrected chi connectivity index (χ1v) is 10.9. The summed E-state index contributed by atoms with van der Waals surface area (Å²) in [7, 11) is 0. The highest BCUT2D eigenvalue weighted by Crippen LogP contribution is 2.11. The highest BCUT2D eigenvalue weighted by atomic mass is 32.1. The second-order valence-electron chi connectivity index (χ2n) is 7.54. The highest BCUT2D eigenvalue weighted by Gasteiger charge is 2.29. The zero-order chi connectivity index (χ0) is 23.7. The molecule has 2 heterocycles. The average Bonchev–Trinajstić information content (AvgIpc) is 2.75. The Kier molecular flexibility index (Phi) is 9.45. The number of thiol groups is 1. The zero-order valence-corrected chi connectivity index (χ0v) is 19.0. The van der Waals surface area contributed by atoms with E-state index in [1.54, 1.807) is 38.1 Å². The molecule has 0 aromatic carbocycles. The lowest BCUT2D eigenvalue weighted by Crippen LogP contribution is -2.48. The van der Waals surface area contributed by atoms with E-state index in [1.807, 2.05) is 0 Å². The minimum absolute atomic E-state index is 0.0603. The first-order chi connectivity index (χ1) is 15.2. The molecule has 0 fully saturated rings. The molecule has 0 aliphatic carbocycles. The second-order valence-corrected chi connectivity index (χ2v) is 7.99. The number of ether oxygens (including phenoxy) is 1. The third-order valence-corrected chi connectivity index (χ3v) is 4.81. The maximum absolute atomic E-state index is 12.8. The fraction of sp³-hybridized carbons (Fsp3) is 0.409. The fourth-order valence-corrected chi connectivity index (χ4v) is 2.98. The Balaban J connectivity index is 2.35. The van der Waals surface area contributed by atoms with Gasteiger partial charge in [0.05, 0.1) is 24.4 Å². The van der Waals surface area contributed by atoms with Crippen LogP contribution in [-0.4, -0.2) is 46.6 Å². The number of esters is 1. The summed E-state index contributed by atoms with van der Waals surface area (Å²) in [4.78, 5) is 54.4. The van der Waals surface area contributed by atoms with Crippen molar-refractivity contribution >= 4 is 36.3 Å². The summed E-state index contributed by atoms with van der Waals surface area (Å²) in [6.07, 6.45) is 3.12. The Hall–Kier alpha value is -3.14. The van der Waals surface area contributed by atoms with Crippen molar-refractivity contribution in [3.8, 4) is 0 Å². The Morgan fingerprint density at radius 3 is 2.69 bits per heavy atom. The number of rotatable bonds is 4. The van der Waals surface area contributed by atoms with Crippen molar-refractivity contribution in [3.05, 3.63) is 54.0 Å². The van der Waals surface area contributed by atoms with Gasteiger partial charge < -0.3 is 20.7 Å². The van der Waals surface area contributed by atoms with Gasteiger partial charge in [0.2, 0.25) is 5.91 Å². The number of aromatic nitrogens is 1. The van der Waals surface area contributed by atoms with Crippen LogP contribution >= 0.6 is 12.6 Å². The van der Waals surface area contributed by atoms with Crippen LogP contribution in [0.25, 0.3) is 0 Å². The molecule has 9 nitrogen and oxygen atoms in total. The van der Waals surface area contributed by atoms with Gasteiger partial charge >= 0.3 is 5.97 Å². The molecular weight excluding hydrogens is 432 g/mol. The van der Waals surface area contributed by atoms with E-state index in [0.29, 0.717) is 17.9 Å². The number of cyclic esters (lactones) is 1. The van der Waals surface area contributed by atoms with Crippen molar-refractivity contribution in [2.45, 2.75) is 45.4 Å². The number of carbonyl (C=O) groups excluding carboxylic acids is 4. The maximum Gasteiger partial charge on any atom is 0.329 e. The molecule has 3 amide bonds. The lowest BCUT2D eigenvalue weighted by molar-refractivity contribution is -0.153. The molecule has 3 N–H and O–H groups in total. The van der Waals surface area contributed by atoms with Crippen molar-refractivity contribution in [2.75, 3.05) is 5.75 Å². The largest absolute Gasteiger partial charge is 0.456 e. The Morgan fingerprint density at radius 1 is 1.25 bits per heavy atom. The third kappa shape index (κ3) is 7.52. The molecule has 1 aromatic heterocycles. The number of allylic oxidation sites excluding steroid dienone is 1. The second kappa shape index (κ2) is 12.0. The van der Waals surface area contributed by atoms with Gasteiger partial charge in [-0.15, -0.1) is 0 Å². The average molecular weight is 461 g/mol. The van der Waals surface area contributed by atoms with Crippen LogP contribution < -0.4 is 16.0 Å². The number of hydrogen-bond acceptors (Lipinski definition) is 7. The molecule has 10 heteroatoms. The van der Waals surface area contributed by atoms with Crippen molar-refractivity contribution in [1.29, 1.82) is 0 Å². The van der Waals surface area contributed by atoms with Crippen LogP contribution in [0.2, 0.25) is 0 Å². The molecule has 0 spiro atoms. The molecule has 0 radical (unpaired) electrons. The number of carbonyl (C=O) groups is 4. The van der Waals surface area contributed by atoms with Crippen LogP contribution in [0.4, 0.5) is 0 Å². The van der Waals surface area contributed by atoms with Gasteiger partial charge in [-0.1, -0.05) is 32.6 Å². The minimum Gasteiger partial charge on any atom is -0.456 e. The number of nitrogens with one attached hydrogen (secondary N) is 3. The SMILES string of the molecule is C=C1NC(=O)c2cccc(n2)CNC(=O)C[C@@H](/C=C/CCS)OC(=O)[C@H](C(C)C)NC1=O. The van der Waals surface area contributed by atoms with E-state index >= 15 is 0 Å². The zero-order valence-electron chi connectivity index (χ0n) is 18.1. The summed E-state index contributed by atoms with van der Waals surface area (Å²) in [6, 6.07) is 3.74. The molecule has 2 atom stereocenters. The summed E-state index contributed by atoms with van der Waals surface area (Å²) in [5.74, 6) is -2.13. The van der Waals surface area contributed by atoms with E-state index in [9.17, 15) is 19.2 Å². The summed E-state index contributed by atoms with van der Waals surface area (Å²) in [5, 5.41) is 7.63. The van der Waals surface area contributed by atoms with E-state index in [-0.39, 0.29) is 36.2 Å². The quantitative estimate of drug-likeness (QED) is 0.232. The summed E-state index contributed by atoms with van der Waals surface area (Å²) < 4.78 is 5.53. The van der Waals surface area contributed by atoms with Gasteiger partial charge in [0.1, 0.15) is 17.8 Å². The topological polar surface area (TPSA) is 126 Å². The fourth-order valence-electron chi connectivity index (χ4n) is 2.83. The van der Waals surface area contributed by atoms with Crippen molar-refractivity contribution in [1.82, 2.24) is 20.9 Å². The first-order valence-electron chi connectivity index (χ1n) is 10.2. The Morgan fingerprint density at radius 2 is 2.00 bits per heavy atom. The minimum atomic E-state index is -1.01. The molecule has 1 aliphatic heterocycles. The predicted octanol–water partition coefficient (Wildman–Crippen LogP) is 1.27. The summed E-state index contributed by atoms with van der Waals surface area (Å²) in [5.41, 5.74) is 0.281. The van der Waals surface area contributed by atoms with Crippen LogP contribution in [-0.2, 0) is 25.7 Å². The van der Waals surface area contributed by atoms with E-state index in [0.717, 1.165) is 0 Å². The van der Waals surface area contributed by atoms with Crippen LogP contribution in [0, 0.1) is 5.92 Å². The maximum atomic E-state index is 12.8. The number of pyridine rings is 1. The highest BCUT2D eigenvalue weighted by molar-refractivity contribution is 7.80. The van der Waals surface area contributed by atoms with Gasteiger partial charge in [-0.3, -0.25) is 14.4 Å². The van der Waals surface area contributed by atoms with E-state index in [4.69, 9.17) is 4.74 Å². The van der Waals surface area contributed by atoms with Crippen LogP contribution in [0.5, 0.6) is 0 Å². The standard InChI is InChI=1S/C22H28N4O5S/c1-13(2)19-22(30)31-16(8-4-5-10-32)11-18(27)23-12-15-7-6-9-17(25-15)21(29)24-14(3)20(28)26-19/h4,6-9,13,16,19,32H,3,5,10-12H2,1-2H3,(H,23,27)(H,24,29)(H,26,28)/b8-4+/t16-,19+/m1/s1. The number of hydrogen-bond donors (Lipinski definition) is 4. The van der Waals surface area contributed by atoms with Crippen LogP contribution in [0.3, 0.4) is 0 Å². The molecule has 2 rings (SSSR count). The normalized spacial score (nSPS) is 21.2. The lowest BCUT2D eigenvalue weighted by atomic mass is 10.0. The molecule has 2 bridgehead atoms. The molecule has 172 valence electrons. The summed E-state index contributed by atoms with van der Waals surface area (Å²) >= 11 is 4.14. The number of nitrogens with zero attached hydrogens (tertiary/aromatic N) is 1. The smallest absolute Gasteiger partial charge is 0.329 e. The molecular formula is C22H28N4O5S. The number of amides is 3. The molecule has 0 unspecified atom stereocenters. The molecule has 0 saturated heterocycles. The predicted molar refractivity (Wildman–Crippen MR) is 122 cm³/mol. The van der Waals surface area contributed by atoms with Gasteiger partial charge in [-0.05, 0) is 36.3 Å². The van der Waals surface area contributed by atoms with Crippen LogP contribution in [0.15, 0.2) is 42.6 Å². The van der Waals surface area contributed by atoms with Gasteiger partial charge in [0.15, 0.2) is 0 Å². The van der Waals surface area contributed by atoms with Crippen molar-refractivity contribution < 1.29 is 23.9 Å². The molecule has 1 aromatic rings. The van der Waals surface area contributed by atoms with Gasteiger partial charge in [0.25, 0.3) is 11.8 Å². The van der Waals surface area contributed by atoms with E-state index in [1.165, 1.54) is 6.07 Å².